The third-order valence-electron chi connectivity index (χ3n) is 3.79. The van der Waals surface area contributed by atoms with E-state index in [1.54, 1.807) is 0 Å². The van der Waals surface area contributed by atoms with Gasteiger partial charge in [-0.2, -0.15) is 11.8 Å². The van der Waals surface area contributed by atoms with E-state index in [9.17, 15) is 4.79 Å². The fourth-order valence-electron chi connectivity index (χ4n) is 2.69. The lowest BCUT2D eigenvalue weighted by atomic mass is 10.1. The zero-order chi connectivity index (χ0) is 13.3. The summed E-state index contributed by atoms with van der Waals surface area (Å²) in [4.78, 5) is 11.8. The topological polar surface area (TPSA) is 22.0 Å². The molecule has 1 unspecified atom stereocenters. The van der Waals surface area contributed by atoms with E-state index in [0.29, 0.717) is 4.75 Å². The van der Waals surface area contributed by atoms with Gasteiger partial charge in [0.25, 0.3) is 0 Å². The maximum absolute atomic E-state index is 11.8. The zero-order valence-corrected chi connectivity index (χ0v) is 12.8. The van der Waals surface area contributed by atoms with Gasteiger partial charge in [0.2, 0.25) is 0 Å². The van der Waals surface area contributed by atoms with Gasteiger partial charge in [-0.05, 0) is 45.4 Å². The number of aromatic nitrogens is 1. The normalized spacial score (nSPS) is 23.6. The van der Waals surface area contributed by atoms with Crippen LogP contribution in [0.15, 0.2) is 6.07 Å². The number of rotatable bonds is 4. The van der Waals surface area contributed by atoms with Gasteiger partial charge in [-0.15, -0.1) is 11.6 Å². The Morgan fingerprint density at radius 3 is 2.83 bits per heavy atom. The predicted molar refractivity (Wildman–Crippen MR) is 79.1 cm³/mol. The van der Waals surface area contributed by atoms with Gasteiger partial charge in [0.15, 0.2) is 5.78 Å². The number of hydrogen-bond acceptors (Lipinski definition) is 2. The highest BCUT2D eigenvalue weighted by Gasteiger charge is 2.31. The van der Waals surface area contributed by atoms with Crippen molar-refractivity contribution in [3.8, 4) is 0 Å². The Kier molecular flexibility index (Phi) is 4.12. The molecule has 2 heterocycles. The zero-order valence-electron chi connectivity index (χ0n) is 11.3. The molecule has 0 saturated carbocycles. The lowest BCUT2D eigenvalue weighted by Crippen LogP contribution is -2.25. The van der Waals surface area contributed by atoms with E-state index in [1.807, 2.05) is 24.8 Å². The van der Waals surface area contributed by atoms with Crippen LogP contribution in [0.3, 0.4) is 0 Å². The van der Waals surface area contributed by atoms with Crippen LogP contribution in [-0.4, -0.2) is 26.7 Å². The summed E-state index contributed by atoms with van der Waals surface area (Å²) in [5.74, 6) is 1.35. The SMILES string of the molecule is Cc1cc(C(=O)CCl)c(C)n1CC1(C)CCCS1. The lowest BCUT2D eigenvalue weighted by molar-refractivity contribution is 0.102. The average molecular weight is 286 g/mol. The number of thioether (sulfide) groups is 1. The monoisotopic (exact) mass is 285 g/mol. The molecule has 1 aromatic rings. The quantitative estimate of drug-likeness (QED) is 0.620. The van der Waals surface area contributed by atoms with E-state index in [2.05, 4.69) is 18.4 Å². The van der Waals surface area contributed by atoms with Gasteiger partial charge < -0.3 is 4.57 Å². The van der Waals surface area contributed by atoms with Crippen molar-refractivity contribution in [3.63, 3.8) is 0 Å². The number of ketones is 1. The Labute approximate surface area is 118 Å². The van der Waals surface area contributed by atoms with Gasteiger partial charge in [0.1, 0.15) is 0 Å². The van der Waals surface area contributed by atoms with Gasteiger partial charge >= 0.3 is 0 Å². The summed E-state index contributed by atoms with van der Waals surface area (Å²) in [6.45, 7) is 7.41. The van der Waals surface area contributed by atoms with Crippen LogP contribution < -0.4 is 0 Å². The van der Waals surface area contributed by atoms with Crippen molar-refractivity contribution in [2.75, 3.05) is 11.6 Å². The molecule has 0 amide bonds. The highest BCUT2D eigenvalue weighted by molar-refractivity contribution is 8.00. The fourth-order valence-corrected chi connectivity index (χ4v) is 4.13. The first-order chi connectivity index (χ1) is 8.47. The number of carbonyl (C=O) groups excluding carboxylic acids is 1. The van der Waals surface area contributed by atoms with Crippen molar-refractivity contribution in [3.05, 3.63) is 23.0 Å². The van der Waals surface area contributed by atoms with E-state index in [1.165, 1.54) is 18.6 Å². The number of nitrogens with zero attached hydrogens (tertiary/aromatic N) is 1. The van der Waals surface area contributed by atoms with Crippen LogP contribution in [0.1, 0.15) is 41.5 Å². The van der Waals surface area contributed by atoms with Crippen molar-refractivity contribution in [1.29, 1.82) is 0 Å². The van der Waals surface area contributed by atoms with E-state index < -0.39 is 0 Å². The molecule has 0 bridgehead atoms. The first kappa shape index (κ1) is 14.0. The van der Waals surface area contributed by atoms with E-state index >= 15 is 0 Å². The molecule has 1 aromatic heterocycles. The summed E-state index contributed by atoms with van der Waals surface area (Å²) in [7, 11) is 0. The van der Waals surface area contributed by atoms with Crippen molar-refractivity contribution in [2.24, 2.45) is 0 Å². The molecule has 1 atom stereocenters. The molecule has 1 aliphatic rings. The van der Waals surface area contributed by atoms with Gasteiger partial charge in [0, 0.05) is 28.2 Å². The van der Waals surface area contributed by atoms with Crippen LogP contribution in [0.2, 0.25) is 0 Å². The van der Waals surface area contributed by atoms with Crippen molar-refractivity contribution < 1.29 is 4.79 Å². The van der Waals surface area contributed by atoms with Crippen LogP contribution in [0.25, 0.3) is 0 Å². The highest BCUT2D eigenvalue weighted by atomic mass is 35.5. The smallest absolute Gasteiger partial charge is 0.179 e. The van der Waals surface area contributed by atoms with E-state index in [4.69, 9.17) is 11.6 Å². The average Bonchev–Trinajstić information content (AvgIpc) is 2.88. The summed E-state index contributed by atoms with van der Waals surface area (Å²) < 4.78 is 2.59. The van der Waals surface area contributed by atoms with Crippen molar-refractivity contribution in [1.82, 2.24) is 4.57 Å². The Morgan fingerprint density at radius 1 is 1.56 bits per heavy atom. The molecule has 100 valence electrons. The summed E-state index contributed by atoms with van der Waals surface area (Å²) in [6.07, 6.45) is 2.56. The molecule has 0 aromatic carbocycles. The van der Waals surface area contributed by atoms with E-state index in [0.717, 1.165) is 23.5 Å². The highest BCUT2D eigenvalue weighted by Crippen LogP contribution is 2.39. The number of Topliss-reactive ketones (excluding diaryl/α,β-unsaturated/α-hetero) is 1. The maximum Gasteiger partial charge on any atom is 0.179 e. The standard InChI is InChI=1S/C14H20ClNOS/c1-10-7-12(13(17)8-15)11(2)16(10)9-14(3)5-4-6-18-14/h7H,4-6,8-9H2,1-3H3. The second kappa shape index (κ2) is 5.30. The second-order valence-electron chi connectivity index (χ2n) is 5.33. The third-order valence-corrected chi connectivity index (χ3v) is 5.55. The molecule has 4 heteroatoms. The largest absolute Gasteiger partial charge is 0.347 e. The molecule has 1 aliphatic heterocycles. The van der Waals surface area contributed by atoms with Crippen LogP contribution in [0.5, 0.6) is 0 Å². The number of alkyl halides is 1. The predicted octanol–water partition coefficient (Wildman–Crippen LogP) is 3.81. The Bertz CT molecular complexity index is 461. The van der Waals surface area contributed by atoms with Crippen LogP contribution in [0, 0.1) is 13.8 Å². The maximum atomic E-state index is 11.8. The number of carbonyl (C=O) groups is 1. The van der Waals surface area contributed by atoms with Gasteiger partial charge in [-0.25, -0.2) is 0 Å². The first-order valence-electron chi connectivity index (χ1n) is 6.37. The summed E-state index contributed by atoms with van der Waals surface area (Å²) in [5, 5.41) is 0. The Hall–Kier alpha value is -0.410. The van der Waals surface area contributed by atoms with Crippen molar-refractivity contribution >= 4 is 29.1 Å². The number of aryl methyl sites for hydroxylation is 1. The molecule has 18 heavy (non-hydrogen) atoms. The van der Waals surface area contributed by atoms with E-state index in [-0.39, 0.29) is 11.7 Å². The minimum atomic E-state index is 0.0280. The lowest BCUT2D eigenvalue weighted by Gasteiger charge is -2.25. The molecule has 0 radical (unpaired) electrons. The summed E-state index contributed by atoms with van der Waals surface area (Å²) in [6, 6.07) is 1.98. The third kappa shape index (κ3) is 2.62. The van der Waals surface area contributed by atoms with Crippen LogP contribution >= 0.6 is 23.4 Å². The van der Waals surface area contributed by atoms with Gasteiger partial charge in [-0.3, -0.25) is 4.79 Å². The van der Waals surface area contributed by atoms with Gasteiger partial charge in [-0.1, -0.05) is 0 Å². The molecule has 1 saturated heterocycles. The minimum Gasteiger partial charge on any atom is -0.347 e. The Balaban J connectivity index is 2.28. The molecule has 0 spiro atoms. The molecular formula is C14H20ClNOS. The van der Waals surface area contributed by atoms with Gasteiger partial charge in [0.05, 0.1) is 5.88 Å². The molecular weight excluding hydrogens is 266 g/mol. The number of halogens is 1. The minimum absolute atomic E-state index is 0.0280. The van der Waals surface area contributed by atoms with Crippen LogP contribution in [-0.2, 0) is 6.54 Å². The number of hydrogen-bond donors (Lipinski definition) is 0. The summed E-state index contributed by atoms with van der Waals surface area (Å²) in [5.41, 5.74) is 3.01. The first-order valence-corrected chi connectivity index (χ1v) is 7.89. The second-order valence-corrected chi connectivity index (χ2v) is 7.28. The van der Waals surface area contributed by atoms with Crippen LogP contribution in [0.4, 0.5) is 0 Å². The molecule has 0 N–H and O–H groups in total. The molecule has 0 aliphatic carbocycles. The molecule has 2 nitrogen and oxygen atoms in total. The Morgan fingerprint density at radius 2 is 2.28 bits per heavy atom. The summed E-state index contributed by atoms with van der Waals surface area (Å²) >= 11 is 7.70. The fraction of sp³-hybridized carbons (Fsp3) is 0.643. The van der Waals surface area contributed by atoms with Crippen molar-refractivity contribution in [2.45, 2.75) is 44.9 Å². The molecule has 1 fully saturated rings. The molecule has 2 rings (SSSR count).